The third-order valence-electron chi connectivity index (χ3n) is 1.90. The highest BCUT2D eigenvalue weighted by Crippen LogP contribution is 2.10. The summed E-state index contributed by atoms with van der Waals surface area (Å²) in [5, 5.41) is 0. The van der Waals surface area contributed by atoms with Gasteiger partial charge in [0.1, 0.15) is 0 Å². The Morgan fingerprint density at radius 1 is 1.13 bits per heavy atom. The summed E-state index contributed by atoms with van der Waals surface area (Å²) in [5.74, 6) is 0.353. The molecule has 1 nitrogen and oxygen atoms in total. The first-order chi connectivity index (χ1) is 6.99. The van der Waals surface area contributed by atoms with Crippen LogP contribution in [0.15, 0.2) is 66.4 Å². The van der Waals surface area contributed by atoms with E-state index in [1.165, 1.54) is 0 Å². The number of allylic oxidation sites excluding steroid dienone is 6. The van der Waals surface area contributed by atoms with E-state index < -0.39 is 0 Å². The molecule has 0 aromatic heterocycles. The molecule has 0 spiro atoms. The van der Waals surface area contributed by atoms with Gasteiger partial charge in [0.2, 0.25) is 0 Å². The lowest BCUT2D eigenvalue weighted by atomic mass is 10.1. The minimum Gasteiger partial charge on any atom is -0.261 e. The monoisotopic (exact) mass is 201 g/mol. The van der Waals surface area contributed by atoms with Crippen molar-refractivity contribution in [3.05, 3.63) is 61.4 Å². The summed E-state index contributed by atoms with van der Waals surface area (Å²) in [5.41, 5.74) is 2.46. The summed E-state index contributed by atoms with van der Waals surface area (Å²) >= 11 is 0. The second kappa shape index (κ2) is 6.77. The summed E-state index contributed by atoms with van der Waals surface area (Å²) in [7, 11) is 0. The van der Waals surface area contributed by atoms with Gasteiger partial charge in [-0.2, -0.15) is 0 Å². The van der Waals surface area contributed by atoms with Crippen LogP contribution in [0, 0.1) is 5.92 Å². The Morgan fingerprint density at radius 3 is 2.20 bits per heavy atom. The quantitative estimate of drug-likeness (QED) is 0.453. The maximum Gasteiger partial charge on any atom is 0.0357 e. The molecule has 0 aliphatic rings. The summed E-state index contributed by atoms with van der Waals surface area (Å²) in [4.78, 5) is 4.21. The van der Waals surface area contributed by atoms with Crippen molar-refractivity contribution in [3.8, 4) is 0 Å². The highest BCUT2D eigenvalue weighted by Gasteiger charge is 1.97. The van der Waals surface area contributed by atoms with Crippen LogP contribution in [0.2, 0.25) is 0 Å². The van der Waals surface area contributed by atoms with Crippen LogP contribution >= 0.6 is 0 Å². The molecule has 0 amide bonds. The zero-order chi connectivity index (χ0) is 11.8. The molecule has 0 atom stereocenters. The van der Waals surface area contributed by atoms with Crippen LogP contribution in [0.5, 0.6) is 0 Å². The van der Waals surface area contributed by atoms with E-state index in [4.69, 9.17) is 0 Å². The van der Waals surface area contributed by atoms with Crippen LogP contribution in [-0.4, -0.2) is 6.21 Å². The van der Waals surface area contributed by atoms with E-state index >= 15 is 0 Å². The standard InChI is InChI=1S/C14H19N/c1-7-8-9-12(4)13(5)10-15-14(6)11(2)3/h7-11H,1,4-6H2,2-3H3/b9-8-,15-10?. The molecule has 0 saturated heterocycles. The van der Waals surface area contributed by atoms with E-state index in [2.05, 4.69) is 45.2 Å². The van der Waals surface area contributed by atoms with Crippen LogP contribution in [0.1, 0.15) is 13.8 Å². The summed E-state index contributed by atoms with van der Waals surface area (Å²) < 4.78 is 0. The Balaban J connectivity index is 4.37. The second-order valence-electron chi connectivity index (χ2n) is 3.55. The Kier molecular flexibility index (Phi) is 6.03. The number of rotatable bonds is 6. The maximum absolute atomic E-state index is 4.21. The van der Waals surface area contributed by atoms with Crippen LogP contribution in [0.3, 0.4) is 0 Å². The van der Waals surface area contributed by atoms with E-state index in [1.807, 2.05) is 12.2 Å². The van der Waals surface area contributed by atoms with Gasteiger partial charge in [0, 0.05) is 11.9 Å². The Labute approximate surface area is 92.9 Å². The van der Waals surface area contributed by atoms with Crippen molar-refractivity contribution in [2.75, 3.05) is 0 Å². The third-order valence-corrected chi connectivity index (χ3v) is 1.90. The van der Waals surface area contributed by atoms with Crippen molar-refractivity contribution in [3.63, 3.8) is 0 Å². The fourth-order valence-electron chi connectivity index (χ4n) is 0.684. The van der Waals surface area contributed by atoms with Gasteiger partial charge in [0.15, 0.2) is 0 Å². The molecule has 0 unspecified atom stereocenters. The van der Waals surface area contributed by atoms with Crippen LogP contribution in [0.4, 0.5) is 0 Å². The second-order valence-corrected chi connectivity index (χ2v) is 3.55. The largest absolute Gasteiger partial charge is 0.261 e. The predicted molar refractivity (Wildman–Crippen MR) is 70.1 cm³/mol. The lowest BCUT2D eigenvalue weighted by molar-refractivity contribution is 0.763. The van der Waals surface area contributed by atoms with Gasteiger partial charge >= 0.3 is 0 Å². The van der Waals surface area contributed by atoms with Crippen molar-refractivity contribution in [1.82, 2.24) is 0 Å². The van der Waals surface area contributed by atoms with Crippen molar-refractivity contribution in [2.45, 2.75) is 13.8 Å². The smallest absolute Gasteiger partial charge is 0.0357 e. The van der Waals surface area contributed by atoms with E-state index in [9.17, 15) is 0 Å². The van der Waals surface area contributed by atoms with Gasteiger partial charge in [-0.05, 0) is 17.1 Å². The molecule has 80 valence electrons. The molecule has 0 bridgehead atoms. The Hall–Kier alpha value is -1.63. The highest BCUT2D eigenvalue weighted by atomic mass is 14.7. The number of aliphatic imine (C=N–C) groups is 1. The van der Waals surface area contributed by atoms with Crippen molar-refractivity contribution in [1.29, 1.82) is 0 Å². The molecule has 0 heterocycles. The average molecular weight is 201 g/mol. The lowest BCUT2D eigenvalue weighted by Gasteiger charge is -2.03. The topological polar surface area (TPSA) is 12.4 Å². The molecule has 0 radical (unpaired) electrons. The average Bonchev–Trinajstić information content (AvgIpc) is 2.21. The van der Waals surface area contributed by atoms with Gasteiger partial charge in [-0.25, -0.2) is 0 Å². The van der Waals surface area contributed by atoms with Gasteiger partial charge in [0.05, 0.1) is 0 Å². The maximum atomic E-state index is 4.21. The van der Waals surface area contributed by atoms with Crippen LogP contribution in [-0.2, 0) is 0 Å². The molecule has 0 aromatic rings. The first-order valence-electron chi connectivity index (χ1n) is 4.89. The molecular weight excluding hydrogens is 182 g/mol. The minimum absolute atomic E-state index is 0.353. The number of hydrogen-bond acceptors (Lipinski definition) is 1. The molecule has 1 heteroatoms. The van der Waals surface area contributed by atoms with Crippen molar-refractivity contribution < 1.29 is 0 Å². The third kappa shape index (κ3) is 5.63. The molecule has 0 aliphatic heterocycles. The summed E-state index contributed by atoms with van der Waals surface area (Å²) in [6, 6.07) is 0. The molecule has 0 N–H and O–H groups in total. The van der Waals surface area contributed by atoms with Gasteiger partial charge in [-0.1, -0.05) is 58.4 Å². The molecular formula is C14H19N. The number of hydrogen-bond donors (Lipinski definition) is 0. The van der Waals surface area contributed by atoms with E-state index in [1.54, 1.807) is 12.3 Å². The van der Waals surface area contributed by atoms with Crippen LogP contribution < -0.4 is 0 Å². The fraction of sp³-hybridized carbons (Fsp3) is 0.214. The Bertz CT molecular complexity index is 327. The van der Waals surface area contributed by atoms with E-state index in [0.29, 0.717) is 5.92 Å². The van der Waals surface area contributed by atoms with Crippen molar-refractivity contribution >= 4 is 6.21 Å². The van der Waals surface area contributed by atoms with Gasteiger partial charge < -0.3 is 0 Å². The zero-order valence-corrected chi connectivity index (χ0v) is 9.66. The molecule has 0 aromatic carbocycles. The highest BCUT2D eigenvalue weighted by molar-refractivity contribution is 5.85. The number of nitrogens with zero attached hydrogens (tertiary/aromatic N) is 1. The van der Waals surface area contributed by atoms with Gasteiger partial charge in [-0.15, -0.1) is 0 Å². The first-order valence-corrected chi connectivity index (χ1v) is 4.89. The molecule has 0 saturated carbocycles. The SMILES string of the molecule is C=C/C=C\C(=C)C(=C)C=NC(=C)C(C)C. The summed E-state index contributed by atoms with van der Waals surface area (Å²) in [6.45, 7) is 19.3. The van der Waals surface area contributed by atoms with E-state index in [0.717, 1.165) is 16.8 Å². The Morgan fingerprint density at radius 2 is 1.73 bits per heavy atom. The predicted octanol–water partition coefficient (Wildman–Crippen LogP) is 4.08. The molecule has 0 fully saturated rings. The summed E-state index contributed by atoms with van der Waals surface area (Å²) in [6.07, 6.45) is 7.05. The first kappa shape index (κ1) is 13.4. The zero-order valence-electron chi connectivity index (χ0n) is 9.66. The molecule has 0 aliphatic carbocycles. The van der Waals surface area contributed by atoms with Crippen molar-refractivity contribution in [2.24, 2.45) is 10.9 Å². The van der Waals surface area contributed by atoms with E-state index in [-0.39, 0.29) is 0 Å². The van der Waals surface area contributed by atoms with Gasteiger partial charge in [-0.3, -0.25) is 4.99 Å². The molecule has 15 heavy (non-hydrogen) atoms. The minimum atomic E-state index is 0.353. The normalized spacial score (nSPS) is 11.1. The fourth-order valence-corrected chi connectivity index (χ4v) is 0.684. The van der Waals surface area contributed by atoms with Crippen LogP contribution in [0.25, 0.3) is 0 Å². The van der Waals surface area contributed by atoms with Gasteiger partial charge in [0.25, 0.3) is 0 Å². The lowest BCUT2D eigenvalue weighted by Crippen LogP contribution is -1.91. The molecule has 0 rings (SSSR count).